The molecule has 0 bridgehead atoms. The molecular formula is C14H17NO2. The van der Waals surface area contributed by atoms with Gasteiger partial charge in [0.25, 0.3) is 0 Å². The molecule has 0 N–H and O–H groups in total. The van der Waals surface area contributed by atoms with Gasteiger partial charge < -0.3 is 9.47 Å². The lowest BCUT2D eigenvalue weighted by Gasteiger charge is -2.15. The summed E-state index contributed by atoms with van der Waals surface area (Å²) in [5.74, 6) is 0. The Morgan fingerprint density at radius 1 is 1.24 bits per heavy atom. The van der Waals surface area contributed by atoms with Gasteiger partial charge in [0.1, 0.15) is 6.07 Å². The van der Waals surface area contributed by atoms with Crippen LogP contribution in [-0.4, -0.2) is 19.5 Å². The molecule has 0 amide bonds. The van der Waals surface area contributed by atoms with E-state index in [2.05, 4.69) is 6.07 Å². The van der Waals surface area contributed by atoms with Crippen LogP contribution in [0.15, 0.2) is 35.9 Å². The Hall–Kier alpha value is -1.63. The number of ether oxygens (including phenoxy) is 2. The number of hydrogen-bond donors (Lipinski definition) is 0. The molecule has 0 fully saturated rings. The summed E-state index contributed by atoms with van der Waals surface area (Å²) in [7, 11) is 0. The number of hydrogen-bond acceptors (Lipinski definition) is 3. The lowest BCUT2D eigenvalue weighted by Crippen LogP contribution is -2.19. The lowest BCUT2D eigenvalue weighted by molar-refractivity contribution is -0.108. The van der Waals surface area contributed by atoms with E-state index in [0.717, 1.165) is 5.56 Å². The Kier molecular flexibility index (Phi) is 6.02. The first-order valence-corrected chi connectivity index (χ1v) is 5.71. The zero-order valence-corrected chi connectivity index (χ0v) is 10.2. The highest BCUT2D eigenvalue weighted by atomic mass is 16.7. The molecule has 0 aromatic heterocycles. The third-order valence-electron chi connectivity index (χ3n) is 2.14. The molecule has 0 spiro atoms. The van der Waals surface area contributed by atoms with Crippen molar-refractivity contribution in [1.29, 1.82) is 5.26 Å². The maximum absolute atomic E-state index is 9.13. The monoisotopic (exact) mass is 231 g/mol. The Labute approximate surface area is 102 Å². The minimum absolute atomic E-state index is 0.486. The van der Waals surface area contributed by atoms with Crippen LogP contribution >= 0.6 is 0 Å². The minimum atomic E-state index is -0.574. The second-order valence-electron chi connectivity index (χ2n) is 3.36. The molecule has 0 unspecified atom stereocenters. The topological polar surface area (TPSA) is 42.2 Å². The normalized spacial score (nSPS) is 11.5. The molecule has 0 saturated heterocycles. The third kappa shape index (κ3) is 4.39. The van der Waals surface area contributed by atoms with Crippen LogP contribution in [0.4, 0.5) is 0 Å². The predicted molar refractivity (Wildman–Crippen MR) is 67.1 cm³/mol. The Bertz CT molecular complexity index is 386. The largest absolute Gasteiger partial charge is 0.348 e. The molecule has 0 saturated carbocycles. The van der Waals surface area contributed by atoms with Crippen LogP contribution in [0.5, 0.6) is 0 Å². The van der Waals surface area contributed by atoms with Crippen molar-refractivity contribution in [2.45, 2.75) is 20.1 Å². The molecule has 0 heterocycles. The summed E-state index contributed by atoms with van der Waals surface area (Å²) in [6, 6.07) is 11.8. The van der Waals surface area contributed by atoms with E-state index in [-0.39, 0.29) is 0 Å². The van der Waals surface area contributed by atoms with Crippen LogP contribution in [0.25, 0.3) is 6.08 Å². The summed E-state index contributed by atoms with van der Waals surface area (Å²) in [4.78, 5) is 0. The summed E-state index contributed by atoms with van der Waals surface area (Å²) in [5, 5.41) is 9.13. The fourth-order valence-corrected chi connectivity index (χ4v) is 1.41. The van der Waals surface area contributed by atoms with Gasteiger partial charge in [0.05, 0.1) is 5.57 Å². The SMILES string of the molecule is CCOC(OCC)/C(C#N)=C/c1ccccc1. The molecular weight excluding hydrogens is 214 g/mol. The molecule has 0 aliphatic rings. The van der Waals surface area contributed by atoms with E-state index >= 15 is 0 Å². The van der Waals surface area contributed by atoms with Crippen molar-refractivity contribution in [2.24, 2.45) is 0 Å². The van der Waals surface area contributed by atoms with Crippen LogP contribution < -0.4 is 0 Å². The van der Waals surface area contributed by atoms with E-state index in [4.69, 9.17) is 14.7 Å². The highest BCUT2D eigenvalue weighted by Gasteiger charge is 2.13. The third-order valence-corrected chi connectivity index (χ3v) is 2.14. The molecule has 1 aromatic rings. The van der Waals surface area contributed by atoms with Crippen LogP contribution in [0.3, 0.4) is 0 Å². The lowest BCUT2D eigenvalue weighted by atomic mass is 10.1. The zero-order valence-electron chi connectivity index (χ0n) is 10.2. The quantitative estimate of drug-likeness (QED) is 0.558. The molecule has 0 aliphatic carbocycles. The molecule has 0 radical (unpaired) electrons. The Balaban J connectivity index is 2.89. The smallest absolute Gasteiger partial charge is 0.193 e. The Morgan fingerprint density at radius 3 is 2.29 bits per heavy atom. The van der Waals surface area contributed by atoms with Crippen molar-refractivity contribution in [3.8, 4) is 6.07 Å². The van der Waals surface area contributed by atoms with Gasteiger partial charge in [-0.1, -0.05) is 30.3 Å². The molecule has 1 rings (SSSR count). The molecule has 3 heteroatoms. The molecule has 0 atom stereocenters. The first-order valence-electron chi connectivity index (χ1n) is 5.71. The van der Waals surface area contributed by atoms with E-state index in [0.29, 0.717) is 18.8 Å². The second kappa shape index (κ2) is 7.61. The van der Waals surface area contributed by atoms with Crippen molar-refractivity contribution < 1.29 is 9.47 Å². The maximum atomic E-state index is 9.13. The average molecular weight is 231 g/mol. The number of nitriles is 1. The van der Waals surface area contributed by atoms with Crippen LogP contribution in [0, 0.1) is 11.3 Å². The summed E-state index contributed by atoms with van der Waals surface area (Å²) >= 11 is 0. The van der Waals surface area contributed by atoms with Crippen LogP contribution in [-0.2, 0) is 9.47 Å². The van der Waals surface area contributed by atoms with E-state index < -0.39 is 6.29 Å². The number of benzene rings is 1. The summed E-state index contributed by atoms with van der Waals surface area (Å²) in [6.07, 6.45) is 1.21. The van der Waals surface area contributed by atoms with Gasteiger partial charge >= 0.3 is 0 Å². The van der Waals surface area contributed by atoms with Crippen LogP contribution in [0.1, 0.15) is 19.4 Å². The van der Waals surface area contributed by atoms with E-state index in [1.165, 1.54) is 0 Å². The van der Waals surface area contributed by atoms with Gasteiger partial charge in [0, 0.05) is 13.2 Å². The summed E-state index contributed by atoms with van der Waals surface area (Å²) < 4.78 is 10.8. The zero-order chi connectivity index (χ0) is 12.5. The van der Waals surface area contributed by atoms with E-state index in [1.807, 2.05) is 44.2 Å². The molecule has 17 heavy (non-hydrogen) atoms. The Morgan fingerprint density at radius 2 is 1.82 bits per heavy atom. The first kappa shape index (κ1) is 13.4. The van der Waals surface area contributed by atoms with Gasteiger partial charge in [-0.15, -0.1) is 0 Å². The van der Waals surface area contributed by atoms with Gasteiger partial charge in [-0.3, -0.25) is 0 Å². The molecule has 90 valence electrons. The van der Waals surface area contributed by atoms with Crippen molar-refractivity contribution >= 4 is 6.08 Å². The second-order valence-corrected chi connectivity index (χ2v) is 3.36. The van der Waals surface area contributed by atoms with Crippen molar-refractivity contribution in [2.75, 3.05) is 13.2 Å². The van der Waals surface area contributed by atoms with Gasteiger partial charge in [0.2, 0.25) is 0 Å². The van der Waals surface area contributed by atoms with Gasteiger partial charge in [-0.05, 0) is 25.5 Å². The van der Waals surface area contributed by atoms with Crippen molar-refractivity contribution in [3.63, 3.8) is 0 Å². The van der Waals surface area contributed by atoms with Gasteiger partial charge in [0.15, 0.2) is 6.29 Å². The molecule has 0 aliphatic heterocycles. The fourth-order valence-electron chi connectivity index (χ4n) is 1.41. The highest BCUT2D eigenvalue weighted by Crippen LogP contribution is 2.13. The van der Waals surface area contributed by atoms with Gasteiger partial charge in [-0.2, -0.15) is 5.26 Å². The maximum Gasteiger partial charge on any atom is 0.193 e. The molecule has 1 aromatic carbocycles. The highest BCUT2D eigenvalue weighted by molar-refractivity contribution is 5.57. The average Bonchev–Trinajstić information content (AvgIpc) is 2.37. The van der Waals surface area contributed by atoms with E-state index in [9.17, 15) is 0 Å². The van der Waals surface area contributed by atoms with Crippen molar-refractivity contribution in [3.05, 3.63) is 41.5 Å². The predicted octanol–water partition coefficient (Wildman–Crippen LogP) is 2.99. The number of rotatable bonds is 6. The van der Waals surface area contributed by atoms with Crippen molar-refractivity contribution in [1.82, 2.24) is 0 Å². The van der Waals surface area contributed by atoms with Gasteiger partial charge in [-0.25, -0.2) is 0 Å². The fraction of sp³-hybridized carbons (Fsp3) is 0.357. The summed E-state index contributed by atoms with van der Waals surface area (Å²) in [6.45, 7) is 4.78. The number of nitrogens with zero attached hydrogens (tertiary/aromatic N) is 1. The molecule has 3 nitrogen and oxygen atoms in total. The summed E-state index contributed by atoms with van der Waals surface area (Å²) in [5.41, 5.74) is 1.45. The van der Waals surface area contributed by atoms with E-state index in [1.54, 1.807) is 6.08 Å². The minimum Gasteiger partial charge on any atom is -0.348 e. The van der Waals surface area contributed by atoms with Crippen LogP contribution in [0.2, 0.25) is 0 Å². The standard InChI is InChI=1S/C14H17NO2/c1-3-16-14(17-4-2)13(11-15)10-12-8-6-5-7-9-12/h5-10,14H,3-4H2,1-2H3/b13-10+. The first-order chi connectivity index (χ1) is 8.31.